The molecular weight excluding hydrogens is 395 g/mol. The van der Waals surface area contributed by atoms with Crippen molar-refractivity contribution in [1.29, 1.82) is 0 Å². The lowest BCUT2D eigenvalue weighted by Crippen LogP contribution is -2.08. The largest absolute Gasteiger partial charge is 0.417 e. The third-order valence-electron chi connectivity index (χ3n) is 4.67. The highest BCUT2D eigenvalue weighted by Crippen LogP contribution is 2.40. The van der Waals surface area contributed by atoms with Crippen LogP contribution in [0.25, 0.3) is 34.0 Å². The molecule has 4 rings (SSSR count). The maximum Gasteiger partial charge on any atom is 0.417 e. The molecule has 8 heteroatoms. The molecule has 0 saturated heterocycles. The van der Waals surface area contributed by atoms with Gasteiger partial charge in [0.05, 0.1) is 17.9 Å². The van der Waals surface area contributed by atoms with Crippen molar-refractivity contribution in [2.45, 2.75) is 19.7 Å². The fourth-order valence-corrected chi connectivity index (χ4v) is 3.18. The fraction of sp³-hybridized carbons (Fsp3) is 0.136. The SMILES string of the molecule is Cc1ccccc1-c1ccc(-c2nc(-c3ccnc(CO)c3)no2)cc1C(F)(F)F. The highest BCUT2D eigenvalue weighted by Gasteiger charge is 2.34. The van der Waals surface area contributed by atoms with Crippen molar-refractivity contribution < 1.29 is 22.8 Å². The molecule has 4 aromatic rings. The van der Waals surface area contributed by atoms with Gasteiger partial charge in [-0.25, -0.2) is 0 Å². The Balaban J connectivity index is 1.78. The minimum absolute atomic E-state index is 0.0332. The zero-order chi connectivity index (χ0) is 21.3. The van der Waals surface area contributed by atoms with Gasteiger partial charge in [0, 0.05) is 17.3 Å². The fourth-order valence-electron chi connectivity index (χ4n) is 3.18. The monoisotopic (exact) mass is 411 g/mol. The molecule has 0 atom stereocenters. The lowest BCUT2D eigenvalue weighted by Gasteiger charge is -2.15. The second-order valence-corrected chi connectivity index (χ2v) is 6.69. The van der Waals surface area contributed by atoms with Crippen LogP contribution in [0.4, 0.5) is 13.2 Å². The van der Waals surface area contributed by atoms with E-state index in [2.05, 4.69) is 15.1 Å². The Labute approximate surface area is 169 Å². The Hall–Kier alpha value is -3.52. The van der Waals surface area contributed by atoms with Crippen LogP contribution in [-0.2, 0) is 12.8 Å². The molecule has 0 fully saturated rings. The van der Waals surface area contributed by atoms with Gasteiger partial charge in [0.2, 0.25) is 5.82 Å². The van der Waals surface area contributed by atoms with Crippen LogP contribution >= 0.6 is 0 Å². The van der Waals surface area contributed by atoms with Gasteiger partial charge >= 0.3 is 6.18 Å². The zero-order valence-electron chi connectivity index (χ0n) is 15.8. The van der Waals surface area contributed by atoms with Gasteiger partial charge in [0.15, 0.2) is 0 Å². The average molecular weight is 411 g/mol. The normalized spacial score (nSPS) is 11.6. The quantitative estimate of drug-likeness (QED) is 0.494. The number of hydrogen-bond acceptors (Lipinski definition) is 5. The second-order valence-electron chi connectivity index (χ2n) is 6.69. The molecule has 0 saturated carbocycles. The Morgan fingerprint density at radius 2 is 1.77 bits per heavy atom. The first kappa shape index (κ1) is 19.8. The Morgan fingerprint density at radius 1 is 0.967 bits per heavy atom. The van der Waals surface area contributed by atoms with Crippen molar-refractivity contribution in [2.75, 3.05) is 0 Å². The van der Waals surface area contributed by atoms with Crippen molar-refractivity contribution >= 4 is 0 Å². The average Bonchev–Trinajstić information content (AvgIpc) is 3.23. The van der Waals surface area contributed by atoms with Gasteiger partial charge < -0.3 is 9.63 Å². The van der Waals surface area contributed by atoms with Crippen molar-refractivity contribution in [2.24, 2.45) is 0 Å². The molecule has 0 bridgehead atoms. The Bertz CT molecular complexity index is 1200. The first-order valence-electron chi connectivity index (χ1n) is 9.04. The lowest BCUT2D eigenvalue weighted by molar-refractivity contribution is -0.137. The Morgan fingerprint density at radius 3 is 2.50 bits per heavy atom. The summed E-state index contributed by atoms with van der Waals surface area (Å²) in [5, 5.41) is 13.1. The van der Waals surface area contributed by atoms with E-state index >= 15 is 0 Å². The highest BCUT2D eigenvalue weighted by atomic mass is 19.4. The van der Waals surface area contributed by atoms with Gasteiger partial charge in [-0.05, 0) is 47.9 Å². The number of pyridine rings is 1. The maximum atomic E-state index is 13.8. The molecule has 0 spiro atoms. The summed E-state index contributed by atoms with van der Waals surface area (Å²) in [7, 11) is 0. The minimum atomic E-state index is -4.56. The van der Waals surface area contributed by atoms with Crippen LogP contribution in [0, 0.1) is 6.92 Å². The predicted molar refractivity (Wildman–Crippen MR) is 104 cm³/mol. The van der Waals surface area contributed by atoms with Gasteiger partial charge in [0.25, 0.3) is 5.89 Å². The molecule has 0 aliphatic heterocycles. The molecule has 0 aliphatic rings. The van der Waals surface area contributed by atoms with Gasteiger partial charge in [0.1, 0.15) is 0 Å². The number of aliphatic hydroxyl groups excluding tert-OH is 1. The molecule has 0 amide bonds. The van der Waals surface area contributed by atoms with Crippen LogP contribution in [-0.4, -0.2) is 20.2 Å². The van der Waals surface area contributed by atoms with Crippen molar-refractivity contribution in [3.8, 4) is 34.0 Å². The summed E-state index contributed by atoms with van der Waals surface area (Å²) in [6, 6.07) is 14.1. The number of hydrogen-bond donors (Lipinski definition) is 1. The van der Waals surface area contributed by atoms with E-state index in [4.69, 9.17) is 4.52 Å². The highest BCUT2D eigenvalue weighted by molar-refractivity contribution is 5.74. The molecule has 5 nitrogen and oxygen atoms in total. The molecular formula is C22H16F3N3O2. The van der Waals surface area contributed by atoms with E-state index in [1.165, 1.54) is 18.3 Å². The van der Waals surface area contributed by atoms with E-state index in [1.807, 2.05) is 0 Å². The standard InChI is InChI=1S/C22H16F3N3O2/c1-13-4-2-3-5-17(13)18-7-6-15(11-19(18)22(23,24)25)21-27-20(28-30-21)14-8-9-26-16(10-14)12-29/h2-11,29H,12H2,1H3. The van der Waals surface area contributed by atoms with E-state index < -0.39 is 11.7 Å². The molecule has 1 N–H and O–H groups in total. The second kappa shape index (κ2) is 7.72. The number of aryl methyl sites for hydroxylation is 1. The number of aromatic nitrogens is 3. The predicted octanol–water partition coefficient (Wildman–Crippen LogP) is 5.29. The van der Waals surface area contributed by atoms with Crippen LogP contribution in [0.5, 0.6) is 0 Å². The molecule has 2 heterocycles. The topological polar surface area (TPSA) is 72.0 Å². The minimum Gasteiger partial charge on any atom is -0.390 e. The number of benzene rings is 2. The summed E-state index contributed by atoms with van der Waals surface area (Å²) in [5.41, 5.74) is 1.68. The van der Waals surface area contributed by atoms with E-state index in [9.17, 15) is 18.3 Å². The number of halogens is 3. The number of alkyl halides is 3. The molecule has 0 unspecified atom stereocenters. The maximum absolute atomic E-state index is 13.8. The molecule has 0 radical (unpaired) electrons. The van der Waals surface area contributed by atoms with Gasteiger partial charge in [-0.1, -0.05) is 35.5 Å². The zero-order valence-corrected chi connectivity index (χ0v) is 15.8. The first-order chi connectivity index (χ1) is 14.4. The first-order valence-corrected chi connectivity index (χ1v) is 9.04. The summed E-state index contributed by atoms with van der Waals surface area (Å²) in [6.45, 7) is 1.51. The van der Waals surface area contributed by atoms with Crippen LogP contribution in [0.1, 0.15) is 16.8 Å². The van der Waals surface area contributed by atoms with Crippen LogP contribution in [0.3, 0.4) is 0 Å². The van der Waals surface area contributed by atoms with Crippen molar-refractivity contribution in [3.05, 3.63) is 77.6 Å². The Kier molecular flexibility index (Phi) is 5.09. The van der Waals surface area contributed by atoms with Gasteiger partial charge in [-0.2, -0.15) is 18.2 Å². The van der Waals surface area contributed by atoms with Gasteiger partial charge in [-0.3, -0.25) is 4.98 Å². The molecule has 0 aliphatic carbocycles. The van der Waals surface area contributed by atoms with E-state index in [0.29, 0.717) is 16.8 Å². The molecule has 2 aromatic heterocycles. The van der Waals surface area contributed by atoms with Crippen molar-refractivity contribution in [1.82, 2.24) is 15.1 Å². The summed E-state index contributed by atoms with van der Waals surface area (Å²) in [5.74, 6) is 0.160. The molecule has 30 heavy (non-hydrogen) atoms. The van der Waals surface area contributed by atoms with E-state index in [0.717, 1.165) is 11.6 Å². The number of rotatable bonds is 4. The number of aliphatic hydroxyl groups is 1. The summed E-state index contributed by atoms with van der Waals surface area (Å²) >= 11 is 0. The molecule has 2 aromatic carbocycles. The van der Waals surface area contributed by atoms with Crippen LogP contribution in [0.2, 0.25) is 0 Å². The van der Waals surface area contributed by atoms with E-state index in [1.54, 1.807) is 43.3 Å². The lowest BCUT2D eigenvalue weighted by atomic mass is 9.94. The van der Waals surface area contributed by atoms with Crippen LogP contribution in [0.15, 0.2) is 65.3 Å². The van der Waals surface area contributed by atoms with Crippen molar-refractivity contribution in [3.63, 3.8) is 0 Å². The smallest absolute Gasteiger partial charge is 0.390 e. The van der Waals surface area contributed by atoms with Gasteiger partial charge in [-0.15, -0.1) is 0 Å². The van der Waals surface area contributed by atoms with E-state index in [-0.39, 0.29) is 29.4 Å². The summed E-state index contributed by atoms with van der Waals surface area (Å²) in [4.78, 5) is 8.19. The summed E-state index contributed by atoms with van der Waals surface area (Å²) in [6.07, 6.45) is -3.08. The third kappa shape index (κ3) is 3.81. The third-order valence-corrected chi connectivity index (χ3v) is 4.67. The summed E-state index contributed by atoms with van der Waals surface area (Å²) < 4.78 is 46.7. The number of nitrogens with zero attached hydrogens (tertiary/aromatic N) is 3. The molecule has 152 valence electrons. The van der Waals surface area contributed by atoms with Crippen LogP contribution < -0.4 is 0 Å².